The molecule has 4 heteroatoms. The smallest absolute Gasteiger partial charge is 0.225 e. The van der Waals surface area contributed by atoms with E-state index >= 15 is 0 Å². The fraction of sp³-hybridized carbons (Fsp3) is 0.667. The van der Waals surface area contributed by atoms with E-state index in [-0.39, 0.29) is 0 Å². The lowest BCUT2D eigenvalue weighted by Gasteiger charge is -1.95. The van der Waals surface area contributed by atoms with Crippen LogP contribution >= 0.6 is 0 Å². The van der Waals surface area contributed by atoms with Crippen LogP contribution in [0.25, 0.3) is 0 Å². The summed E-state index contributed by atoms with van der Waals surface area (Å²) in [5.41, 5.74) is 0. The molecule has 0 aliphatic rings. The van der Waals surface area contributed by atoms with Gasteiger partial charge in [0.2, 0.25) is 10.0 Å². The summed E-state index contributed by atoms with van der Waals surface area (Å²) in [4.78, 5) is 0. The van der Waals surface area contributed by atoms with Gasteiger partial charge in [-0.15, -0.1) is 0 Å². The largest absolute Gasteiger partial charge is 0.230 e. The number of hydrogen-bond acceptors (Lipinski definition) is 2. The maximum absolute atomic E-state index is 10.3. The van der Waals surface area contributed by atoms with E-state index in [0.717, 1.165) is 11.8 Å². The number of primary sulfonamides is 1. The Hall–Kier alpha value is -0.350. The maximum atomic E-state index is 10.3. The van der Waals surface area contributed by atoms with Crippen LogP contribution in [0.3, 0.4) is 0 Å². The van der Waals surface area contributed by atoms with E-state index in [2.05, 4.69) is 0 Å². The van der Waals surface area contributed by atoms with Gasteiger partial charge in [0.25, 0.3) is 0 Å². The Balaban J connectivity index is 3.80. The number of allylic oxidation sites excluding steroid dienone is 1. The standard InChI is InChI=1S/C6H13NO2S/c1-6(2)4-3-5-10(7,8)9/h3,5-6H,4H2,1-2H3,(H2,7,8,9). The van der Waals surface area contributed by atoms with E-state index in [9.17, 15) is 8.42 Å². The van der Waals surface area contributed by atoms with Gasteiger partial charge in [0.15, 0.2) is 0 Å². The van der Waals surface area contributed by atoms with Crippen LogP contribution in [0.4, 0.5) is 0 Å². The third-order valence-corrected chi connectivity index (χ3v) is 1.47. The zero-order chi connectivity index (χ0) is 8.20. The Labute approximate surface area is 62.0 Å². The molecule has 0 atom stereocenters. The molecule has 10 heavy (non-hydrogen) atoms. The van der Waals surface area contributed by atoms with Gasteiger partial charge < -0.3 is 0 Å². The molecule has 0 aromatic carbocycles. The lowest BCUT2D eigenvalue weighted by molar-refractivity contribution is 0.605. The summed E-state index contributed by atoms with van der Waals surface area (Å²) in [5.74, 6) is 0.470. The van der Waals surface area contributed by atoms with Crippen molar-refractivity contribution in [3.05, 3.63) is 11.5 Å². The normalized spacial score (nSPS) is 13.2. The van der Waals surface area contributed by atoms with E-state index in [0.29, 0.717) is 5.92 Å². The zero-order valence-corrected chi connectivity index (χ0v) is 7.06. The molecule has 0 aliphatic carbocycles. The molecule has 2 N–H and O–H groups in total. The maximum Gasteiger partial charge on any atom is 0.230 e. The number of rotatable bonds is 3. The fourth-order valence-electron chi connectivity index (χ4n) is 0.462. The van der Waals surface area contributed by atoms with Crippen LogP contribution in [0.2, 0.25) is 0 Å². The monoisotopic (exact) mass is 163 g/mol. The first kappa shape index (κ1) is 9.65. The lowest BCUT2D eigenvalue weighted by atomic mass is 10.1. The fourth-order valence-corrected chi connectivity index (χ4v) is 0.841. The minimum atomic E-state index is -3.40. The third-order valence-electron chi connectivity index (χ3n) is 0.893. The van der Waals surface area contributed by atoms with Crippen molar-refractivity contribution in [1.29, 1.82) is 0 Å². The highest BCUT2D eigenvalue weighted by molar-refractivity contribution is 7.92. The highest BCUT2D eigenvalue weighted by Gasteiger charge is 1.93. The Morgan fingerprint density at radius 3 is 2.30 bits per heavy atom. The molecule has 0 aromatic rings. The molecule has 0 aliphatic heterocycles. The quantitative estimate of drug-likeness (QED) is 0.670. The van der Waals surface area contributed by atoms with Gasteiger partial charge in [0, 0.05) is 5.41 Å². The summed E-state index contributed by atoms with van der Waals surface area (Å²) >= 11 is 0. The molecule has 0 rings (SSSR count). The van der Waals surface area contributed by atoms with Gasteiger partial charge in [-0.3, -0.25) is 0 Å². The Kier molecular flexibility index (Phi) is 3.60. The summed E-state index contributed by atoms with van der Waals surface area (Å²) in [6.45, 7) is 4.01. The van der Waals surface area contributed by atoms with Crippen LogP contribution in [-0.2, 0) is 10.0 Å². The summed E-state index contributed by atoms with van der Waals surface area (Å²) in [7, 11) is -3.40. The number of sulfonamides is 1. The molecule has 3 nitrogen and oxygen atoms in total. The Morgan fingerprint density at radius 2 is 2.00 bits per heavy atom. The van der Waals surface area contributed by atoms with Gasteiger partial charge in [0.05, 0.1) is 0 Å². The van der Waals surface area contributed by atoms with E-state index in [1.807, 2.05) is 13.8 Å². The third kappa shape index (κ3) is 7.65. The first-order valence-electron chi connectivity index (χ1n) is 3.11. The van der Waals surface area contributed by atoms with Crippen LogP contribution in [0.1, 0.15) is 20.3 Å². The molecule has 60 valence electrons. The second-order valence-corrected chi connectivity index (χ2v) is 4.04. The number of hydrogen-bond donors (Lipinski definition) is 1. The van der Waals surface area contributed by atoms with Crippen molar-refractivity contribution in [2.75, 3.05) is 0 Å². The van der Waals surface area contributed by atoms with Crippen molar-refractivity contribution in [2.45, 2.75) is 20.3 Å². The number of nitrogens with two attached hydrogens (primary N) is 1. The SMILES string of the molecule is CC(C)CC=CS(N)(=O)=O. The average molecular weight is 163 g/mol. The second kappa shape index (κ2) is 3.73. The topological polar surface area (TPSA) is 60.2 Å². The minimum Gasteiger partial charge on any atom is -0.225 e. The van der Waals surface area contributed by atoms with Crippen molar-refractivity contribution < 1.29 is 8.42 Å². The van der Waals surface area contributed by atoms with Crippen molar-refractivity contribution in [3.8, 4) is 0 Å². The van der Waals surface area contributed by atoms with E-state index < -0.39 is 10.0 Å². The van der Waals surface area contributed by atoms with Crippen LogP contribution in [0, 0.1) is 5.92 Å². The van der Waals surface area contributed by atoms with Crippen molar-refractivity contribution in [2.24, 2.45) is 11.1 Å². The molecule has 0 radical (unpaired) electrons. The molecule has 0 saturated heterocycles. The molecule has 0 amide bonds. The molecule has 0 bridgehead atoms. The van der Waals surface area contributed by atoms with Crippen molar-refractivity contribution >= 4 is 10.0 Å². The van der Waals surface area contributed by atoms with Crippen LogP contribution < -0.4 is 5.14 Å². The van der Waals surface area contributed by atoms with E-state index in [1.54, 1.807) is 6.08 Å². The van der Waals surface area contributed by atoms with Gasteiger partial charge in [-0.05, 0) is 12.3 Å². The average Bonchev–Trinajstić information content (AvgIpc) is 1.59. The summed E-state index contributed by atoms with van der Waals surface area (Å²) in [5, 5.41) is 5.74. The highest BCUT2D eigenvalue weighted by atomic mass is 32.2. The van der Waals surface area contributed by atoms with Gasteiger partial charge in [0.1, 0.15) is 0 Å². The lowest BCUT2D eigenvalue weighted by Crippen LogP contribution is -2.06. The van der Waals surface area contributed by atoms with Crippen molar-refractivity contribution in [1.82, 2.24) is 0 Å². The summed E-state index contributed by atoms with van der Waals surface area (Å²) < 4.78 is 20.6. The van der Waals surface area contributed by atoms with Gasteiger partial charge in [-0.25, -0.2) is 13.6 Å². The first-order valence-corrected chi connectivity index (χ1v) is 4.72. The molecule has 0 saturated carbocycles. The Morgan fingerprint density at radius 1 is 1.50 bits per heavy atom. The van der Waals surface area contributed by atoms with Crippen LogP contribution in [0.5, 0.6) is 0 Å². The highest BCUT2D eigenvalue weighted by Crippen LogP contribution is 1.99. The predicted molar refractivity (Wildman–Crippen MR) is 41.7 cm³/mol. The van der Waals surface area contributed by atoms with E-state index in [4.69, 9.17) is 5.14 Å². The molecule has 0 unspecified atom stereocenters. The summed E-state index contributed by atoms with van der Waals surface area (Å²) in [6.07, 6.45) is 2.32. The van der Waals surface area contributed by atoms with Crippen LogP contribution in [-0.4, -0.2) is 8.42 Å². The molecule has 0 spiro atoms. The van der Waals surface area contributed by atoms with Gasteiger partial charge >= 0.3 is 0 Å². The molecular weight excluding hydrogens is 150 g/mol. The van der Waals surface area contributed by atoms with Gasteiger partial charge in [-0.1, -0.05) is 19.9 Å². The Bertz CT molecular complexity index is 204. The zero-order valence-electron chi connectivity index (χ0n) is 6.24. The van der Waals surface area contributed by atoms with Gasteiger partial charge in [-0.2, -0.15) is 0 Å². The second-order valence-electron chi connectivity index (χ2n) is 2.59. The van der Waals surface area contributed by atoms with Crippen molar-refractivity contribution in [3.63, 3.8) is 0 Å². The van der Waals surface area contributed by atoms with Crippen LogP contribution in [0.15, 0.2) is 11.5 Å². The molecule has 0 heterocycles. The molecule has 0 fully saturated rings. The first-order chi connectivity index (χ1) is 4.42. The minimum absolute atomic E-state index is 0.470. The molecule has 0 aromatic heterocycles. The van der Waals surface area contributed by atoms with E-state index in [1.165, 1.54) is 0 Å². The molecular formula is C6H13NO2S. The summed E-state index contributed by atoms with van der Waals surface area (Å²) in [6, 6.07) is 0. The predicted octanol–water partition coefficient (Wildman–Crippen LogP) is 0.835.